The van der Waals surface area contributed by atoms with Gasteiger partial charge in [-0.15, -0.1) is 11.3 Å². The van der Waals surface area contributed by atoms with Crippen LogP contribution in [0.1, 0.15) is 38.8 Å². The molecule has 0 radical (unpaired) electrons. The number of allylic oxidation sites excluding steroid dienone is 2. The Balaban J connectivity index is 2.73. The van der Waals surface area contributed by atoms with Crippen molar-refractivity contribution in [2.75, 3.05) is 0 Å². The SMILES string of the molecule is CC/C=C(\CCC)c1cscn1. The van der Waals surface area contributed by atoms with Gasteiger partial charge < -0.3 is 0 Å². The van der Waals surface area contributed by atoms with E-state index in [1.54, 1.807) is 11.3 Å². The summed E-state index contributed by atoms with van der Waals surface area (Å²) in [6, 6.07) is 0. The van der Waals surface area contributed by atoms with E-state index >= 15 is 0 Å². The fourth-order valence-electron chi connectivity index (χ4n) is 1.22. The van der Waals surface area contributed by atoms with Gasteiger partial charge in [0, 0.05) is 5.38 Å². The molecule has 12 heavy (non-hydrogen) atoms. The van der Waals surface area contributed by atoms with E-state index in [0.29, 0.717) is 0 Å². The first-order chi connectivity index (χ1) is 5.88. The van der Waals surface area contributed by atoms with Crippen LogP contribution in [0.25, 0.3) is 5.57 Å². The predicted molar refractivity (Wildman–Crippen MR) is 55.3 cm³/mol. The first-order valence-electron chi connectivity index (χ1n) is 4.46. The molecule has 0 N–H and O–H groups in total. The summed E-state index contributed by atoms with van der Waals surface area (Å²) in [4.78, 5) is 4.30. The maximum atomic E-state index is 4.30. The number of hydrogen-bond acceptors (Lipinski definition) is 2. The molecule has 0 amide bonds. The number of nitrogens with zero attached hydrogens (tertiary/aromatic N) is 1. The summed E-state index contributed by atoms with van der Waals surface area (Å²) in [5.74, 6) is 0. The molecule has 0 spiro atoms. The lowest BCUT2D eigenvalue weighted by Gasteiger charge is -2.00. The maximum Gasteiger partial charge on any atom is 0.0798 e. The van der Waals surface area contributed by atoms with Gasteiger partial charge in [-0.3, -0.25) is 0 Å². The summed E-state index contributed by atoms with van der Waals surface area (Å²) >= 11 is 1.67. The van der Waals surface area contributed by atoms with E-state index in [2.05, 4.69) is 30.3 Å². The standard InChI is InChI=1S/C10H15NS/c1-3-5-9(6-4-2)10-7-12-8-11-10/h5,7-8H,3-4,6H2,1-2H3/b9-5+. The number of thiazole rings is 1. The highest BCUT2D eigenvalue weighted by molar-refractivity contribution is 7.07. The third kappa shape index (κ3) is 2.45. The topological polar surface area (TPSA) is 12.9 Å². The predicted octanol–water partition coefficient (Wildman–Crippen LogP) is 3.74. The van der Waals surface area contributed by atoms with E-state index in [1.165, 1.54) is 17.7 Å². The number of rotatable bonds is 4. The van der Waals surface area contributed by atoms with Gasteiger partial charge in [-0.25, -0.2) is 4.98 Å². The van der Waals surface area contributed by atoms with Crippen molar-refractivity contribution < 1.29 is 0 Å². The van der Waals surface area contributed by atoms with Crippen LogP contribution in [0.5, 0.6) is 0 Å². The molecule has 66 valence electrons. The van der Waals surface area contributed by atoms with Gasteiger partial charge in [0.2, 0.25) is 0 Å². The Hall–Kier alpha value is -0.630. The Bertz CT molecular complexity index is 236. The molecule has 0 aliphatic heterocycles. The van der Waals surface area contributed by atoms with Crippen LogP contribution < -0.4 is 0 Å². The van der Waals surface area contributed by atoms with Crippen LogP contribution in [0, 0.1) is 0 Å². The number of hydrogen-bond donors (Lipinski definition) is 0. The minimum atomic E-state index is 1.10. The average Bonchev–Trinajstić information content (AvgIpc) is 2.56. The molecule has 0 aliphatic rings. The van der Waals surface area contributed by atoms with Crippen molar-refractivity contribution in [3.8, 4) is 0 Å². The fraction of sp³-hybridized carbons (Fsp3) is 0.500. The normalized spacial score (nSPS) is 12.0. The first kappa shape index (κ1) is 9.46. The lowest BCUT2D eigenvalue weighted by Crippen LogP contribution is -1.83. The molecule has 0 unspecified atom stereocenters. The van der Waals surface area contributed by atoms with Crippen LogP contribution in [0.15, 0.2) is 17.0 Å². The minimum Gasteiger partial charge on any atom is -0.245 e. The van der Waals surface area contributed by atoms with Gasteiger partial charge in [0.15, 0.2) is 0 Å². The Kier molecular flexibility index (Phi) is 4.01. The van der Waals surface area contributed by atoms with Crippen molar-refractivity contribution in [1.82, 2.24) is 4.98 Å². The average molecular weight is 181 g/mol. The van der Waals surface area contributed by atoms with E-state index < -0.39 is 0 Å². The molecule has 1 rings (SSSR count). The van der Waals surface area contributed by atoms with Crippen LogP contribution in [0.2, 0.25) is 0 Å². The summed E-state index contributed by atoms with van der Waals surface area (Å²) in [6.07, 6.45) is 5.73. The highest BCUT2D eigenvalue weighted by Gasteiger charge is 2.00. The first-order valence-corrected chi connectivity index (χ1v) is 5.40. The Morgan fingerprint density at radius 1 is 1.58 bits per heavy atom. The molecule has 2 heteroatoms. The second-order valence-electron chi connectivity index (χ2n) is 2.76. The quantitative estimate of drug-likeness (QED) is 0.689. The Morgan fingerprint density at radius 3 is 2.92 bits per heavy atom. The molecule has 0 saturated carbocycles. The maximum absolute atomic E-state index is 4.30. The van der Waals surface area contributed by atoms with E-state index in [0.717, 1.165) is 12.8 Å². The minimum absolute atomic E-state index is 1.10. The molecule has 1 aromatic rings. The lowest BCUT2D eigenvalue weighted by molar-refractivity contribution is 0.961. The van der Waals surface area contributed by atoms with E-state index in [9.17, 15) is 0 Å². The zero-order valence-electron chi connectivity index (χ0n) is 7.71. The van der Waals surface area contributed by atoms with E-state index in [1.807, 2.05) is 5.51 Å². The van der Waals surface area contributed by atoms with E-state index in [4.69, 9.17) is 0 Å². The lowest BCUT2D eigenvalue weighted by atomic mass is 10.1. The van der Waals surface area contributed by atoms with Crippen LogP contribution in [-0.4, -0.2) is 4.98 Å². The molecule has 0 atom stereocenters. The molecule has 0 fully saturated rings. The third-order valence-corrected chi connectivity index (χ3v) is 2.32. The van der Waals surface area contributed by atoms with Gasteiger partial charge in [0.1, 0.15) is 0 Å². The van der Waals surface area contributed by atoms with Gasteiger partial charge in [0.05, 0.1) is 11.2 Å². The highest BCUT2D eigenvalue weighted by Crippen LogP contribution is 2.19. The Labute approximate surface area is 78.2 Å². The van der Waals surface area contributed by atoms with Crippen molar-refractivity contribution in [2.24, 2.45) is 0 Å². The van der Waals surface area contributed by atoms with Crippen molar-refractivity contribution >= 4 is 16.9 Å². The summed E-state index contributed by atoms with van der Waals surface area (Å²) in [5.41, 5.74) is 4.47. The summed E-state index contributed by atoms with van der Waals surface area (Å²) in [6.45, 7) is 4.37. The zero-order valence-corrected chi connectivity index (χ0v) is 8.53. The molecule has 1 heterocycles. The molecular formula is C10H15NS. The van der Waals surface area contributed by atoms with Crippen LogP contribution in [0.4, 0.5) is 0 Å². The van der Waals surface area contributed by atoms with Gasteiger partial charge >= 0.3 is 0 Å². The number of aromatic nitrogens is 1. The van der Waals surface area contributed by atoms with Gasteiger partial charge in [-0.05, 0) is 18.4 Å². The zero-order chi connectivity index (χ0) is 8.81. The van der Waals surface area contributed by atoms with Crippen LogP contribution >= 0.6 is 11.3 Å². The smallest absolute Gasteiger partial charge is 0.0798 e. The summed E-state index contributed by atoms with van der Waals surface area (Å²) < 4.78 is 0. The molecular weight excluding hydrogens is 166 g/mol. The molecule has 1 aromatic heterocycles. The van der Waals surface area contributed by atoms with E-state index in [-0.39, 0.29) is 0 Å². The third-order valence-electron chi connectivity index (χ3n) is 1.73. The van der Waals surface area contributed by atoms with Gasteiger partial charge in [-0.2, -0.15) is 0 Å². The Morgan fingerprint density at radius 2 is 2.42 bits per heavy atom. The highest BCUT2D eigenvalue weighted by atomic mass is 32.1. The van der Waals surface area contributed by atoms with Crippen molar-refractivity contribution in [1.29, 1.82) is 0 Å². The second kappa shape index (κ2) is 5.09. The van der Waals surface area contributed by atoms with Crippen LogP contribution in [0.3, 0.4) is 0 Å². The van der Waals surface area contributed by atoms with Crippen LogP contribution in [-0.2, 0) is 0 Å². The molecule has 1 nitrogen and oxygen atoms in total. The largest absolute Gasteiger partial charge is 0.245 e. The van der Waals surface area contributed by atoms with Crippen molar-refractivity contribution in [3.63, 3.8) is 0 Å². The summed E-state index contributed by atoms with van der Waals surface area (Å²) in [7, 11) is 0. The van der Waals surface area contributed by atoms with Crippen molar-refractivity contribution in [3.05, 3.63) is 22.7 Å². The molecule has 0 aromatic carbocycles. The second-order valence-corrected chi connectivity index (χ2v) is 3.48. The van der Waals surface area contributed by atoms with Gasteiger partial charge in [-0.1, -0.05) is 26.3 Å². The van der Waals surface area contributed by atoms with Crippen molar-refractivity contribution in [2.45, 2.75) is 33.1 Å². The molecule has 0 aliphatic carbocycles. The summed E-state index contributed by atoms with van der Waals surface area (Å²) in [5, 5.41) is 2.12. The van der Waals surface area contributed by atoms with Gasteiger partial charge in [0.25, 0.3) is 0 Å². The molecule has 0 bridgehead atoms. The molecule has 0 saturated heterocycles. The fourth-order valence-corrected chi connectivity index (χ4v) is 1.80. The monoisotopic (exact) mass is 181 g/mol.